The Balaban J connectivity index is 1.96. The Morgan fingerprint density at radius 1 is 1.35 bits per heavy atom. The average Bonchev–Trinajstić information content (AvgIpc) is 2.39. The molecule has 1 N–H and O–H groups in total. The van der Waals surface area contributed by atoms with Gasteiger partial charge >= 0.3 is 0 Å². The van der Waals surface area contributed by atoms with Gasteiger partial charge in [0.15, 0.2) is 0 Å². The molecule has 0 bridgehead atoms. The lowest BCUT2D eigenvalue weighted by Gasteiger charge is -2.29. The zero-order valence-corrected chi connectivity index (χ0v) is 12.7. The molecule has 1 saturated heterocycles. The molecule has 0 amide bonds. The van der Waals surface area contributed by atoms with Crippen molar-refractivity contribution < 1.29 is 0 Å². The van der Waals surface area contributed by atoms with Crippen molar-refractivity contribution >= 4 is 27.7 Å². The van der Waals surface area contributed by atoms with Gasteiger partial charge in [0.2, 0.25) is 0 Å². The Morgan fingerprint density at radius 2 is 2.12 bits per heavy atom. The first-order chi connectivity index (χ1) is 8.29. The lowest BCUT2D eigenvalue weighted by atomic mass is 10.00. The number of hydrogen-bond acceptors (Lipinski definition) is 2. The highest BCUT2D eigenvalue weighted by molar-refractivity contribution is 9.10. The first-order valence-corrected chi connectivity index (χ1v) is 8.17. The molecule has 94 valence electrons. The molecule has 2 atom stereocenters. The van der Waals surface area contributed by atoms with E-state index in [0.29, 0.717) is 6.04 Å². The molecule has 0 radical (unpaired) electrons. The van der Waals surface area contributed by atoms with E-state index in [4.69, 9.17) is 0 Å². The minimum absolute atomic E-state index is 0.612. The topological polar surface area (TPSA) is 12.0 Å². The van der Waals surface area contributed by atoms with E-state index in [0.717, 1.165) is 16.1 Å². The van der Waals surface area contributed by atoms with Crippen LogP contribution in [0.2, 0.25) is 0 Å². The number of thioether (sulfide) groups is 1. The maximum absolute atomic E-state index is 3.50. The maximum atomic E-state index is 3.50. The molecule has 2 unspecified atom stereocenters. The third-order valence-corrected chi connectivity index (χ3v) is 5.45. The summed E-state index contributed by atoms with van der Waals surface area (Å²) in [5.74, 6) is 1.34. The van der Waals surface area contributed by atoms with E-state index in [9.17, 15) is 0 Å². The predicted molar refractivity (Wildman–Crippen MR) is 80.8 cm³/mol. The Bertz CT molecular complexity index is 333. The SMILES string of the molecule is CNC(Cc1ccc(Br)cc1)C1CCCCS1. The Kier molecular flexibility index (Phi) is 5.39. The first-order valence-electron chi connectivity index (χ1n) is 6.33. The van der Waals surface area contributed by atoms with Crippen LogP contribution in [0, 0.1) is 0 Å². The predicted octanol–water partition coefficient (Wildman–Crippen LogP) is 3.87. The van der Waals surface area contributed by atoms with Crippen LogP contribution in [0.4, 0.5) is 0 Å². The highest BCUT2D eigenvalue weighted by Crippen LogP contribution is 2.29. The van der Waals surface area contributed by atoms with Gasteiger partial charge in [0.1, 0.15) is 0 Å². The summed E-state index contributed by atoms with van der Waals surface area (Å²) < 4.78 is 1.16. The van der Waals surface area contributed by atoms with Gasteiger partial charge < -0.3 is 5.32 Å². The third-order valence-electron chi connectivity index (χ3n) is 3.40. The van der Waals surface area contributed by atoms with Crippen LogP contribution in [-0.4, -0.2) is 24.1 Å². The molecule has 1 fully saturated rings. The van der Waals surface area contributed by atoms with E-state index in [1.54, 1.807) is 0 Å². The van der Waals surface area contributed by atoms with Crippen molar-refractivity contribution in [3.8, 4) is 0 Å². The van der Waals surface area contributed by atoms with Gasteiger partial charge in [-0.25, -0.2) is 0 Å². The summed E-state index contributed by atoms with van der Waals surface area (Å²) in [7, 11) is 2.10. The fourth-order valence-corrected chi connectivity index (χ4v) is 4.11. The molecule has 1 heterocycles. The zero-order chi connectivity index (χ0) is 12.1. The van der Waals surface area contributed by atoms with E-state index >= 15 is 0 Å². The number of halogens is 1. The molecular weight excluding hydrogens is 294 g/mol. The number of nitrogens with one attached hydrogen (secondary N) is 1. The van der Waals surface area contributed by atoms with Crippen molar-refractivity contribution in [3.05, 3.63) is 34.3 Å². The summed E-state index contributed by atoms with van der Waals surface area (Å²) in [5.41, 5.74) is 1.43. The molecule has 17 heavy (non-hydrogen) atoms. The molecule has 1 aromatic rings. The van der Waals surface area contributed by atoms with Crippen molar-refractivity contribution in [1.82, 2.24) is 5.32 Å². The van der Waals surface area contributed by atoms with E-state index < -0.39 is 0 Å². The first kappa shape index (κ1) is 13.4. The molecule has 1 aromatic carbocycles. The fraction of sp³-hybridized carbons (Fsp3) is 0.571. The van der Waals surface area contributed by atoms with Crippen molar-refractivity contribution in [2.24, 2.45) is 0 Å². The zero-order valence-electron chi connectivity index (χ0n) is 10.3. The van der Waals surface area contributed by atoms with Crippen LogP contribution in [-0.2, 0) is 6.42 Å². The van der Waals surface area contributed by atoms with Crippen molar-refractivity contribution in [3.63, 3.8) is 0 Å². The molecular formula is C14H20BrNS. The second-order valence-corrected chi connectivity index (χ2v) is 6.89. The fourth-order valence-electron chi connectivity index (χ4n) is 2.38. The van der Waals surface area contributed by atoms with Crippen molar-refractivity contribution in [1.29, 1.82) is 0 Å². The molecule has 1 aliphatic rings. The monoisotopic (exact) mass is 313 g/mol. The Labute approximate surface area is 117 Å². The molecule has 1 nitrogen and oxygen atoms in total. The van der Waals surface area contributed by atoms with Gasteiger partial charge in [-0.05, 0) is 49.8 Å². The quantitative estimate of drug-likeness (QED) is 0.905. The van der Waals surface area contributed by atoms with Gasteiger partial charge in [0, 0.05) is 15.8 Å². The van der Waals surface area contributed by atoms with Crippen LogP contribution in [0.3, 0.4) is 0 Å². The number of likely N-dealkylation sites (N-methyl/N-ethyl adjacent to an activating group) is 1. The Morgan fingerprint density at radius 3 is 2.71 bits per heavy atom. The molecule has 1 aliphatic heterocycles. The van der Waals surface area contributed by atoms with Crippen LogP contribution in [0.25, 0.3) is 0 Å². The summed E-state index contributed by atoms with van der Waals surface area (Å²) in [6, 6.07) is 9.33. The number of hydrogen-bond donors (Lipinski definition) is 1. The molecule has 0 saturated carbocycles. The summed E-state index contributed by atoms with van der Waals surface area (Å²) >= 11 is 5.63. The number of benzene rings is 1. The van der Waals surface area contributed by atoms with Gasteiger partial charge in [-0.3, -0.25) is 0 Å². The summed E-state index contributed by atoms with van der Waals surface area (Å²) in [6.07, 6.45) is 5.31. The van der Waals surface area contributed by atoms with Crippen LogP contribution < -0.4 is 5.32 Å². The van der Waals surface area contributed by atoms with Crippen LogP contribution in [0.1, 0.15) is 24.8 Å². The van der Waals surface area contributed by atoms with E-state index in [-0.39, 0.29) is 0 Å². The second-order valence-electron chi connectivity index (χ2n) is 4.63. The normalized spacial score (nSPS) is 22.4. The van der Waals surface area contributed by atoms with Gasteiger partial charge in [0.05, 0.1) is 0 Å². The molecule has 2 rings (SSSR count). The van der Waals surface area contributed by atoms with Gasteiger partial charge in [-0.1, -0.05) is 34.5 Å². The summed E-state index contributed by atoms with van der Waals surface area (Å²) in [5, 5.41) is 4.29. The van der Waals surface area contributed by atoms with Crippen molar-refractivity contribution in [2.45, 2.75) is 37.0 Å². The second kappa shape index (κ2) is 6.81. The molecule has 0 aliphatic carbocycles. The molecule has 0 aromatic heterocycles. The lowest BCUT2D eigenvalue weighted by molar-refractivity contribution is 0.495. The van der Waals surface area contributed by atoms with E-state index in [1.165, 1.54) is 30.6 Å². The average molecular weight is 314 g/mol. The third kappa shape index (κ3) is 4.01. The van der Waals surface area contributed by atoms with E-state index in [1.807, 2.05) is 0 Å². The number of rotatable bonds is 4. The van der Waals surface area contributed by atoms with Crippen LogP contribution >= 0.6 is 27.7 Å². The van der Waals surface area contributed by atoms with Gasteiger partial charge in [-0.15, -0.1) is 0 Å². The standard InChI is InChI=1S/C14H20BrNS/c1-16-13(14-4-2-3-9-17-14)10-11-5-7-12(15)8-6-11/h5-8,13-14,16H,2-4,9-10H2,1H3. The summed E-state index contributed by atoms with van der Waals surface area (Å²) in [4.78, 5) is 0. The minimum atomic E-state index is 0.612. The molecule has 3 heteroatoms. The Hall–Kier alpha value is 0.01000. The molecule has 0 spiro atoms. The van der Waals surface area contributed by atoms with E-state index in [2.05, 4.69) is 64.3 Å². The summed E-state index contributed by atoms with van der Waals surface area (Å²) in [6.45, 7) is 0. The van der Waals surface area contributed by atoms with Crippen LogP contribution in [0.15, 0.2) is 28.7 Å². The smallest absolute Gasteiger partial charge is 0.0223 e. The lowest BCUT2D eigenvalue weighted by Crippen LogP contribution is -2.38. The highest BCUT2D eigenvalue weighted by atomic mass is 79.9. The minimum Gasteiger partial charge on any atom is -0.316 e. The highest BCUT2D eigenvalue weighted by Gasteiger charge is 2.22. The maximum Gasteiger partial charge on any atom is 0.0223 e. The van der Waals surface area contributed by atoms with Gasteiger partial charge in [0.25, 0.3) is 0 Å². The van der Waals surface area contributed by atoms with Gasteiger partial charge in [-0.2, -0.15) is 11.8 Å². The van der Waals surface area contributed by atoms with Crippen molar-refractivity contribution in [2.75, 3.05) is 12.8 Å². The van der Waals surface area contributed by atoms with Crippen LogP contribution in [0.5, 0.6) is 0 Å². The largest absolute Gasteiger partial charge is 0.316 e.